The van der Waals surface area contributed by atoms with Gasteiger partial charge in [-0.2, -0.15) is 0 Å². The van der Waals surface area contributed by atoms with Gasteiger partial charge >= 0.3 is 0 Å². The molecule has 0 saturated carbocycles. The number of guanidine groups is 1. The van der Waals surface area contributed by atoms with E-state index >= 15 is 0 Å². The predicted octanol–water partition coefficient (Wildman–Crippen LogP) is 2.65. The van der Waals surface area contributed by atoms with Gasteiger partial charge in [-0.05, 0) is 45.7 Å². The van der Waals surface area contributed by atoms with Crippen molar-refractivity contribution >= 4 is 5.96 Å². The quantitative estimate of drug-likeness (QED) is 0.571. The van der Waals surface area contributed by atoms with Crippen LogP contribution in [0.4, 0.5) is 4.39 Å². The van der Waals surface area contributed by atoms with Crippen molar-refractivity contribution in [2.75, 3.05) is 26.7 Å². The van der Waals surface area contributed by atoms with E-state index in [4.69, 9.17) is 0 Å². The zero-order valence-electron chi connectivity index (χ0n) is 15.1. The third kappa shape index (κ3) is 6.99. The molecule has 0 aliphatic heterocycles. The largest absolute Gasteiger partial charge is 0.356 e. The zero-order valence-corrected chi connectivity index (χ0v) is 15.1. The molecule has 1 rings (SSSR count). The number of nitrogens with zero attached hydrogens (tertiary/aromatic N) is 2. The molecule has 1 aromatic carbocycles. The standard InChI is InChI=1S/C18H31FN4/c1-14(2)23(15(3)4)13-12-22-18(20-5)21-11-10-16-8-6-7-9-17(16)19/h6-9,14-15H,10-13H2,1-5H3,(H2,20,21,22). The smallest absolute Gasteiger partial charge is 0.191 e. The van der Waals surface area contributed by atoms with Crippen molar-refractivity contribution in [3.8, 4) is 0 Å². The Morgan fingerprint density at radius 2 is 1.70 bits per heavy atom. The number of hydrogen-bond donors (Lipinski definition) is 2. The third-order valence-corrected chi connectivity index (χ3v) is 3.86. The Morgan fingerprint density at radius 3 is 2.26 bits per heavy atom. The summed E-state index contributed by atoms with van der Waals surface area (Å²) in [6.07, 6.45) is 0.636. The minimum atomic E-state index is -0.151. The number of nitrogens with one attached hydrogen (secondary N) is 2. The Hall–Kier alpha value is -1.62. The number of rotatable bonds is 8. The van der Waals surface area contributed by atoms with E-state index in [1.54, 1.807) is 13.1 Å². The Balaban J connectivity index is 2.34. The fourth-order valence-corrected chi connectivity index (χ4v) is 2.65. The minimum absolute atomic E-state index is 0.151. The highest BCUT2D eigenvalue weighted by atomic mass is 19.1. The number of halogens is 1. The molecule has 0 heterocycles. The molecule has 0 radical (unpaired) electrons. The van der Waals surface area contributed by atoms with Crippen LogP contribution < -0.4 is 10.6 Å². The van der Waals surface area contributed by atoms with E-state index in [9.17, 15) is 4.39 Å². The fraction of sp³-hybridized carbons (Fsp3) is 0.611. The van der Waals surface area contributed by atoms with Gasteiger partial charge in [0.1, 0.15) is 5.82 Å². The van der Waals surface area contributed by atoms with Crippen LogP contribution in [0.2, 0.25) is 0 Å². The normalized spacial score (nSPS) is 12.3. The maximum absolute atomic E-state index is 13.6. The molecule has 0 aliphatic carbocycles. The summed E-state index contributed by atoms with van der Waals surface area (Å²) >= 11 is 0. The number of aliphatic imine (C=N–C) groups is 1. The Kier molecular flexibility index (Phi) is 8.62. The van der Waals surface area contributed by atoms with Crippen molar-refractivity contribution in [2.24, 2.45) is 4.99 Å². The molecule has 0 fully saturated rings. The lowest BCUT2D eigenvalue weighted by Gasteiger charge is -2.30. The molecular formula is C18H31FN4. The first-order valence-corrected chi connectivity index (χ1v) is 8.39. The maximum atomic E-state index is 13.6. The molecule has 0 spiro atoms. The molecule has 0 aromatic heterocycles. The van der Waals surface area contributed by atoms with Crippen molar-refractivity contribution in [3.05, 3.63) is 35.6 Å². The van der Waals surface area contributed by atoms with Gasteiger partial charge in [0.05, 0.1) is 0 Å². The van der Waals surface area contributed by atoms with Crippen LogP contribution in [0, 0.1) is 5.82 Å². The fourth-order valence-electron chi connectivity index (χ4n) is 2.65. The Labute approximate surface area is 140 Å². The zero-order chi connectivity index (χ0) is 17.2. The topological polar surface area (TPSA) is 39.7 Å². The first-order chi connectivity index (χ1) is 11.0. The Bertz CT molecular complexity index is 478. The van der Waals surface area contributed by atoms with E-state index < -0.39 is 0 Å². The Morgan fingerprint density at radius 1 is 1.09 bits per heavy atom. The average Bonchev–Trinajstić information content (AvgIpc) is 2.50. The van der Waals surface area contributed by atoms with E-state index in [2.05, 4.69) is 48.2 Å². The maximum Gasteiger partial charge on any atom is 0.191 e. The van der Waals surface area contributed by atoms with E-state index in [0.717, 1.165) is 24.6 Å². The summed E-state index contributed by atoms with van der Waals surface area (Å²) in [6.45, 7) is 11.3. The molecule has 130 valence electrons. The summed E-state index contributed by atoms with van der Waals surface area (Å²) in [6, 6.07) is 7.92. The molecule has 2 N–H and O–H groups in total. The highest BCUT2D eigenvalue weighted by molar-refractivity contribution is 5.79. The van der Waals surface area contributed by atoms with E-state index in [-0.39, 0.29) is 5.82 Å². The summed E-state index contributed by atoms with van der Waals surface area (Å²) in [5.41, 5.74) is 0.723. The van der Waals surface area contributed by atoms with Gasteiger partial charge in [-0.25, -0.2) is 4.39 Å². The molecule has 0 aliphatic rings. The van der Waals surface area contributed by atoms with Crippen LogP contribution >= 0.6 is 0 Å². The van der Waals surface area contributed by atoms with Crippen LogP contribution in [0.5, 0.6) is 0 Å². The first kappa shape index (κ1) is 19.4. The van der Waals surface area contributed by atoms with Gasteiger partial charge in [0.25, 0.3) is 0 Å². The lowest BCUT2D eigenvalue weighted by Crippen LogP contribution is -2.45. The average molecular weight is 322 g/mol. The molecule has 0 unspecified atom stereocenters. The minimum Gasteiger partial charge on any atom is -0.356 e. The summed E-state index contributed by atoms with van der Waals surface area (Å²) in [5.74, 6) is 0.607. The second-order valence-electron chi connectivity index (χ2n) is 6.19. The summed E-state index contributed by atoms with van der Waals surface area (Å²) < 4.78 is 13.6. The lowest BCUT2D eigenvalue weighted by atomic mass is 10.1. The second-order valence-corrected chi connectivity index (χ2v) is 6.19. The van der Waals surface area contributed by atoms with Crippen LogP contribution in [0.25, 0.3) is 0 Å². The van der Waals surface area contributed by atoms with Crippen molar-refractivity contribution in [1.82, 2.24) is 15.5 Å². The van der Waals surface area contributed by atoms with Crippen LogP contribution in [0.1, 0.15) is 33.3 Å². The van der Waals surface area contributed by atoms with Gasteiger partial charge < -0.3 is 10.6 Å². The molecule has 4 nitrogen and oxygen atoms in total. The van der Waals surface area contributed by atoms with Crippen LogP contribution in [0.3, 0.4) is 0 Å². The summed E-state index contributed by atoms with van der Waals surface area (Å²) in [4.78, 5) is 6.64. The molecule has 0 saturated heterocycles. The SMILES string of the molecule is CN=C(NCCc1ccccc1F)NCCN(C(C)C)C(C)C. The second kappa shape index (κ2) is 10.2. The lowest BCUT2D eigenvalue weighted by molar-refractivity contribution is 0.178. The number of hydrogen-bond acceptors (Lipinski definition) is 2. The summed E-state index contributed by atoms with van der Waals surface area (Å²) in [7, 11) is 1.75. The molecular weight excluding hydrogens is 291 g/mol. The van der Waals surface area contributed by atoms with Crippen molar-refractivity contribution in [3.63, 3.8) is 0 Å². The molecule has 23 heavy (non-hydrogen) atoms. The van der Waals surface area contributed by atoms with E-state index in [1.807, 2.05) is 12.1 Å². The molecule has 1 aromatic rings. The van der Waals surface area contributed by atoms with Crippen LogP contribution in [-0.2, 0) is 6.42 Å². The molecule has 5 heteroatoms. The predicted molar refractivity (Wildman–Crippen MR) is 96.4 cm³/mol. The third-order valence-electron chi connectivity index (χ3n) is 3.86. The van der Waals surface area contributed by atoms with Crippen molar-refractivity contribution in [1.29, 1.82) is 0 Å². The summed E-state index contributed by atoms with van der Waals surface area (Å²) in [5, 5.41) is 6.55. The van der Waals surface area contributed by atoms with Gasteiger partial charge in [-0.3, -0.25) is 9.89 Å². The van der Waals surface area contributed by atoms with E-state index in [1.165, 1.54) is 6.07 Å². The number of benzene rings is 1. The van der Waals surface area contributed by atoms with Crippen molar-refractivity contribution < 1.29 is 4.39 Å². The highest BCUT2D eigenvalue weighted by Gasteiger charge is 2.12. The first-order valence-electron chi connectivity index (χ1n) is 8.39. The van der Waals surface area contributed by atoms with Gasteiger partial charge in [0.2, 0.25) is 0 Å². The van der Waals surface area contributed by atoms with Gasteiger partial charge in [-0.1, -0.05) is 18.2 Å². The van der Waals surface area contributed by atoms with Crippen LogP contribution in [-0.4, -0.2) is 49.6 Å². The monoisotopic (exact) mass is 322 g/mol. The van der Waals surface area contributed by atoms with Gasteiger partial charge in [0.15, 0.2) is 5.96 Å². The van der Waals surface area contributed by atoms with E-state index in [0.29, 0.717) is 25.0 Å². The molecule has 0 amide bonds. The van der Waals surface area contributed by atoms with Crippen LogP contribution in [0.15, 0.2) is 29.3 Å². The highest BCUT2D eigenvalue weighted by Crippen LogP contribution is 2.06. The van der Waals surface area contributed by atoms with Crippen molar-refractivity contribution in [2.45, 2.75) is 46.2 Å². The molecule has 0 atom stereocenters. The van der Waals surface area contributed by atoms with Gasteiger partial charge in [-0.15, -0.1) is 0 Å². The van der Waals surface area contributed by atoms with Gasteiger partial charge in [0, 0.05) is 38.8 Å². The molecule has 0 bridgehead atoms.